The van der Waals surface area contributed by atoms with Crippen LogP contribution in [0.2, 0.25) is 0 Å². The van der Waals surface area contributed by atoms with E-state index in [2.05, 4.69) is 27.2 Å². The molecule has 1 saturated carbocycles. The Morgan fingerprint density at radius 1 is 1.17 bits per heavy atom. The van der Waals surface area contributed by atoms with Gasteiger partial charge in [-0.15, -0.1) is 0 Å². The van der Waals surface area contributed by atoms with E-state index in [1.54, 1.807) is 27.0 Å². The Bertz CT molecular complexity index is 1300. The fourth-order valence-electron chi connectivity index (χ4n) is 5.22. The highest BCUT2D eigenvalue weighted by atomic mass is 19.4. The average molecular weight is 502 g/mol. The number of hydrogen-bond donors (Lipinski definition) is 2. The van der Waals surface area contributed by atoms with Crippen LogP contribution in [0.4, 0.5) is 24.7 Å². The Balaban J connectivity index is 1.45. The molecule has 1 aliphatic carbocycles. The molecule has 4 atom stereocenters. The van der Waals surface area contributed by atoms with Crippen molar-refractivity contribution >= 4 is 22.4 Å². The predicted molar refractivity (Wildman–Crippen MR) is 132 cm³/mol. The Labute approximate surface area is 207 Å². The normalized spacial score (nSPS) is 22.4. The van der Waals surface area contributed by atoms with Crippen LogP contribution >= 0.6 is 0 Å². The number of piperidine rings is 1. The molecular formula is C26H30F3N5O2. The number of benzene rings is 2. The number of alkyl halides is 3. The number of likely N-dealkylation sites (tertiary alicyclic amines) is 1. The molecule has 0 amide bonds. The van der Waals surface area contributed by atoms with E-state index in [0.29, 0.717) is 58.2 Å². The SMILES string of the molecule is COc1cc2nc(C)nc(N[C@H](C)c3cc(N)cc(C(F)(F)F)c3)c2cc1OC[C@@H]1C2CC2CN1C. The number of nitrogens with one attached hydrogen (secondary N) is 1. The number of anilines is 2. The number of likely N-dealkylation sites (N-methyl/N-ethyl adjacent to an activating group) is 1. The first-order valence-corrected chi connectivity index (χ1v) is 12.0. The molecular weight excluding hydrogens is 471 g/mol. The molecule has 7 nitrogen and oxygen atoms in total. The molecule has 36 heavy (non-hydrogen) atoms. The number of rotatable bonds is 7. The van der Waals surface area contributed by atoms with Gasteiger partial charge in [0.25, 0.3) is 0 Å². The maximum absolute atomic E-state index is 13.3. The number of halogens is 3. The minimum Gasteiger partial charge on any atom is -0.493 e. The van der Waals surface area contributed by atoms with Crippen LogP contribution in [-0.2, 0) is 6.18 Å². The Morgan fingerprint density at radius 2 is 1.94 bits per heavy atom. The second kappa shape index (κ2) is 8.99. The van der Waals surface area contributed by atoms with Gasteiger partial charge in [0.1, 0.15) is 18.2 Å². The number of nitrogens with zero attached hydrogens (tertiary/aromatic N) is 3. The third kappa shape index (κ3) is 4.74. The van der Waals surface area contributed by atoms with Crippen molar-refractivity contribution in [2.75, 3.05) is 38.4 Å². The smallest absolute Gasteiger partial charge is 0.416 e. The maximum atomic E-state index is 13.3. The molecule has 0 spiro atoms. The second-order valence-electron chi connectivity index (χ2n) is 9.87. The van der Waals surface area contributed by atoms with Gasteiger partial charge in [-0.3, -0.25) is 4.90 Å². The Morgan fingerprint density at radius 3 is 2.61 bits per heavy atom. The van der Waals surface area contributed by atoms with Crippen LogP contribution in [0.15, 0.2) is 30.3 Å². The van der Waals surface area contributed by atoms with Crippen LogP contribution in [0.3, 0.4) is 0 Å². The molecule has 1 aliphatic heterocycles. The molecule has 5 rings (SSSR count). The zero-order valence-corrected chi connectivity index (χ0v) is 20.7. The first-order valence-electron chi connectivity index (χ1n) is 12.0. The van der Waals surface area contributed by atoms with E-state index in [9.17, 15) is 13.2 Å². The zero-order valence-electron chi connectivity index (χ0n) is 20.7. The highest BCUT2D eigenvalue weighted by Crippen LogP contribution is 2.49. The molecule has 1 aromatic heterocycles. The minimum atomic E-state index is -4.49. The van der Waals surface area contributed by atoms with Gasteiger partial charge in [0.05, 0.1) is 24.2 Å². The average Bonchev–Trinajstić information content (AvgIpc) is 3.49. The lowest BCUT2D eigenvalue weighted by Gasteiger charge is -2.24. The van der Waals surface area contributed by atoms with Crippen LogP contribution in [0.25, 0.3) is 10.9 Å². The van der Waals surface area contributed by atoms with Crippen molar-refractivity contribution in [3.05, 3.63) is 47.3 Å². The fraction of sp³-hybridized carbons (Fsp3) is 0.462. The second-order valence-corrected chi connectivity index (χ2v) is 9.87. The molecule has 3 N–H and O–H groups in total. The van der Waals surface area contributed by atoms with Crippen molar-refractivity contribution in [3.63, 3.8) is 0 Å². The predicted octanol–water partition coefficient (Wildman–Crippen LogP) is 5.05. The van der Waals surface area contributed by atoms with E-state index in [4.69, 9.17) is 15.2 Å². The van der Waals surface area contributed by atoms with Gasteiger partial charge in [0.15, 0.2) is 11.5 Å². The summed E-state index contributed by atoms with van der Waals surface area (Å²) in [5.74, 6) is 3.62. The molecule has 10 heteroatoms. The summed E-state index contributed by atoms with van der Waals surface area (Å²) < 4.78 is 51.8. The molecule has 1 saturated heterocycles. The number of hydrogen-bond acceptors (Lipinski definition) is 7. The van der Waals surface area contributed by atoms with E-state index in [-0.39, 0.29) is 5.69 Å². The summed E-state index contributed by atoms with van der Waals surface area (Å²) in [5.41, 5.74) is 6.08. The van der Waals surface area contributed by atoms with Gasteiger partial charge in [-0.05, 0) is 69.0 Å². The summed E-state index contributed by atoms with van der Waals surface area (Å²) in [6, 6.07) is 7.07. The quantitative estimate of drug-likeness (QED) is 0.438. The van der Waals surface area contributed by atoms with E-state index in [1.165, 1.54) is 12.5 Å². The van der Waals surface area contributed by atoms with Gasteiger partial charge in [-0.25, -0.2) is 9.97 Å². The van der Waals surface area contributed by atoms with Crippen LogP contribution in [0, 0.1) is 18.8 Å². The first-order chi connectivity index (χ1) is 17.0. The van der Waals surface area contributed by atoms with Crippen LogP contribution in [0.1, 0.15) is 36.3 Å². The van der Waals surface area contributed by atoms with E-state index in [0.717, 1.165) is 24.6 Å². The molecule has 2 unspecified atom stereocenters. The fourth-order valence-corrected chi connectivity index (χ4v) is 5.22. The van der Waals surface area contributed by atoms with Gasteiger partial charge >= 0.3 is 6.18 Å². The van der Waals surface area contributed by atoms with Crippen LogP contribution < -0.4 is 20.5 Å². The first kappa shape index (κ1) is 24.4. The monoisotopic (exact) mass is 501 g/mol. The van der Waals surface area contributed by atoms with Crippen molar-refractivity contribution in [3.8, 4) is 11.5 Å². The molecule has 192 valence electrons. The number of ether oxygens (including phenoxy) is 2. The van der Waals surface area contributed by atoms with Gasteiger partial charge in [-0.1, -0.05) is 0 Å². The summed E-state index contributed by atoms with van der Waals surface area (Å²) in [6.07, 6.45) is -3.23. The van der Waals surface area contributed by atoms with E-state index in [1.807, 2.05) is 6.07 Å². The summed E-state index contributed by atoms with van der Waals surface area (Å²) in [7, 11) is 3.71. The number of nitrogens with two attached hydrogens (primary N) is 1. The number of methoxy groups -OCH3 is 1. The molecule has 2 aromatic carbocycles. The number of aryl methyl sites for hydroxylation is 1. The van der Waals surface area contributed by atoms with Gasteiger partial charge in [0, 0.05) is 29.7 Å². The molecule has 2 aliphatic rings. The van der Waals surface area contributed by atoms with Crippen molar-refractivity contribution < 1.29 is 22.6 Å². The van der Waals surface area contributed by atoms with Crippen LogP contribution in [0.5, 0.6) is 11.5 Å². The summed E-state index contributed by atoms with van der Waals surface area (Å²) in [4.78, 5) is 11.4. The third-order valence-electron chi connectivity index (χ3n) is 7.22. The van der Waals surface area contributed by atoms with Crippen LogP contribution in [-0.4, -0.2) is 48.2 Å². The lowest BCUT2D eigenvalue weighted by Crippen LogP contribution is -2.34. The summed E-state index contributed by atoms with van der Waals surface area (Å²) in [5, 5.41) is 3.94. The standard InChI is InChI=1S/C26H30F3N5O2/c1-13(15-5-17(26(27,28)29)8-18(30)6-15)31-25-20-9-24(23(35-4)10-21(20)32-14(2)33-25)36-12-22-19-7-16(19)11-34(22)3/h5-6,8-10,13,16,19,22H,7,11-12,30H2,1-4H3,(H,31,32,33)/t13-,16?,19?,22-/m1/s1. The lowest BCUT2D eigenvalue weighted by molar-refractivity contribution is -0.137. The van der Waals surface area contributed by atoms with E-state index >= 15 is 0 Å². The van der Waals surface area contributed by atoms with Crippen molar-refractivity contribution in [2.24, 2.45) is 11.8 Å². The van der Waals surface area contributed by atoms with Gasteiger partial charge < -0.3 is 20.5 Å². The third-order valence-corrected chi connectivity index (χ3v) is 7.22. The highest BCUT2D eigenvalue weighted by molar-refractivity contribution is 5.92. The van der Waals surface area contributed by atoms with Gasteiger partial charge in [0.2, 0.25) is 0 Å². The van der Waals surface area contributed by atoms with Crippen molar-refractivity contribution in [2.45, 2.75) is 38.5 Å². The zero-order chi connectivity index (χ0) is 25.8. The minimum absolute atomic E-state index is 0.0485. The molecule has 2 heterocycles. The van der Waals surface area contributed by atoms with E-state index < -0.39 is 17.8 Å². The van der Waals surface area contributed by atoms with Gasteiger partial charge in [-0.2, -0.15) is 13.2 Å². The van der Waals surface area contributed by atoms with Crippen molar-refractivity contribution in [1.82, 2.24) is 14.9 Å². The largest absolute Gasteiger partial charge is 0.493 e. The lowest BCUT2D eigenvalue weighted by atomic mass is 10.0. The number of aromatic nitrogens is 2. The number of nitrogen functional groups attached to an aromatic ring is 1. The molecule has 0 bridgehead atoms. The molecule has 0 radical (unpaired) electrons. The maximum Gasteiger partial charge on any atom is 0.416 e. The topological polar surface area (TPSA) is 85.5 Å². The summed E-state index contributed by atoms with van der Waals surface area (Å²) >= 11 is 0. The Hall–Kier alpha value is -3.27. The van der Waals surface area contributed by atoms with Crippen molar-refractivity contribution in [1.29, 1.82) is 0 Å². The summed E-state index contributed by atoms with van der Waals surface area (Å²) in [6.45, 7) is 5.18. The Kier molecular flexibility index (Phi) is 6.10. The molecule has 3 aromatic rings. The highest BCUT2D eigenvalue weighted by Gasteiger charge is 2.51. The molecule has 2 fully saturated rings. The number of fused-ring (bicyclic) bond motifs is 2.